The molecule has 2 aromatic heterocycles. The fourth-order valence-electron chi connectivity index (χ4n) is 4.96. The maximum atomic E-state index is 12.1. The quantitative estimate of drug-likeness (QED) is 0.459. The minimum absolute atomic E-state index is 0.00632. The van der Waals surface area contributed by atoms with Crippen LogP contribution in [-0.2, 0) is 10.0 Å². The third-order valence-corrected chi connectivity index (χ3v) is 9.18. The number of anilines is 4. The lowest BCUT2D eigenvalue weighted by molar-refractivity contribution is 0.0906. The molecule has 0 amide bonds. The van der Waals surface area contributed by atoms with E-state index >= 15 is 0 Å². The van der Waals surface area contributed by atoms with Gasteiger partial charge in [-0.25, -0.2) is 18.4 Å². The number of rotatable bonds is 5. The highest BCUT2D eigenvalue weighted by atomic mass is 32.2. The van der Waals surface area contributed by atoms with Crippen molar-refractivity contribution in [3.63, 3.8) is 0 Å². The molecule has 0 saturated carbocycles. The van der Waals surface area contributed by atoms with Gasteiger partial charge in [0.15, 0.2) is 5.82 Å². The molecular formula is C24H31N9O2S2. The maximum absolute atomic E-state index is 12.1. The molecule has 13 heteroatoms. The zero-order valence-electron chi connectivity index (χ0n) is 21.3. The number of sulfonamides is 1. The van der Waals surface area contributed by atoms with Crippen molar-refractivity contribution in [1.82, 2.24) is 29.1 Å². The van der Waals surface area contributed by atoms with Crippen molar-refractivity contribution in [2.75, 3.05) is 48.1 Å². The van der Waals surface area contributed by atoms with E-state index in [0.29, 0.717) is 48.7 Å². The van der Waals surface area contributed by atoms with E-state index in [1.165, 1.54) is 10.6 Å². The van der Waals surface area contributed by atoms with Gasteiger partial charge in [0.25, 0.3) is 0 Å². The lowest BCUT2D eigenvalue weighted by atomic mass is 10.0. The topological polar surface area (TPSA) is 147 Å². The molecule has 0 aliphatic carbocycles. The van der Waals surface area contributed by atoms with E-state index in [-0.39, 0.29) is 18.0 Å². The fourth-order valence-corrected chi connectivity index (χ4v) is 6.87. The van der Waals surface area contributed by atoms with Gasteiger partial charge in [-0.2, -0.15) is 14.3 Å². The fraction of sp³-hybridized carbons (Fsp3) is 0.417. The maximum Gasteiger partial charge on any atom is 0.223 e. The third kappa shape index (κ3) is 5.08. The van der Waals surface area contributed by atoms with Crippen LogP contribution in [0.2, 0.25) is 0 Å². The Kier molecular flexibility index (Phi) is 6.73. The van der Waals surface area contributed by atoms with Crippen LogP contribution in [0.5, 0.6) is 0 Å². The van der Waals surface area contributed by atoms with Gasteiger partial charge in [0.2, 0.25) is 16.0 Å². The monoisotopic (exact) mass is 541 g/mol. The largest absolute Gasteiger partial charge is 0.399 e. The highest BCUT2D eigenvalue weighted by molar-refractivity contribution is 7.99. The summed E-state index contributed by atoms with van der Waals surface area (Å²) in [6.45, 7) is 7.48. The van der Waals surface area contributed by atoms with Gasteiger partial charge in [-0.3, -0.25) is 4.90 Å². The smallest absolute Gasteiger partial charge is 0.223 e. The van der Waals surface area contributed by atoms with Crippen molar-refractivity contribution < 1.29 is 8.42 Å². The Bertz CT molecular complexity index is 1430. The summed E-state index contributed by atoms with van der Waals surface area (Å²) < 4.78 is 25.7. The van der Waals surface area contributed by atoms with Crippen molar-refractivity contribution in [1.29, 1.82) is 0 Å². The SMILES string of the molecule is Cc1nc(N)nc(-c2cc([C@@H](C)N3CCN(S(C)(=O)=O)C[C@@H]3C)cnc2N2CSc3ccc(N)cc32)n1. The second-order valence-electron chi connectivity index (χ2n) is 9.52. The number of hydrogen-bond acceptors (Lipinski definition) is 11. The highest BCUT2D eigenvalue weighted by Crippen LogP contribution is 2.45. The first kappa shape index (κ1) is 25.6. The average Bonchev–Trinajstić information content (AvgIpc) is 3.25. The zero-order chi connectivity index (χ0) is 26.5. The number of nitrogen functional groups attached to an aromatic ring is 2. The van der Waals surface area contributed by atoms with Crippen molar-refractivity contribution in [2.45, 2.75) is 37.8 Å². The number of nitrogens with two attached hydrogens (primary N) is 2. The summed E-state index contributed by atoms with van der Waals surface area (Å²) in [5.41, 5.74) is 15.5. The summed E-state index contributed by atoms with van der Waals surface area (Å²) in [4.78, 5) is 23.6. The number of aryl methyl sites for hydroxylation is 1. The van der Waals surface area contributed by atoms with Gasteiger partial charge >= 0.3 is 0 Å². The Morgan fingerprint density at radius 3 is 2.62 bits per heavy atom. The number of nitrogens with zero attached hydrogens (tertiary/aromatic N) is 7. The van der Waals surface area contributed by atoms with E-state index in [1.54, 1.807) is 18.7 Å². The van der Waals surface area contributed by atoms with Crippen LogP contribution in [0.15, 0.2) is 35.4 Å². The molecule has 0 bridgehead atoms. The summed E-state index contributed by atoms with van der Waals surface area (Å²) in [6.07, 6.45) is 3.14. The molecular weight excluding hydrogens is 510 g/mol. The molecule has 0 spiro atoms. The second-order valence-corrected chi connectivity index (χ2v) is 12.5. The van der Waals surface area contributed by atoms with Gasteiger partial charge in [-0.15, -0.1) is 11.8 Å². The van der Waals surface area contributed by atoms with Crippen LogP contribution in [0, 0.1) is 6.92 Å². The minimum atomic E-state index is -3.22. The van der Waals surface area contributed by atoms with E-state index in [4.69, 9.17) is 16.5 Å². The van der Waals surface area contributed by atoms with E-state index in [2.05, 4.69) is 44.7 Å². The Morgan fingerprint density at radius 1 is 1.14 bits per heavy atom. The van der Waals surface area contributed by atoms with Crippen LogP contribution in [0.25, 0.3) is 11.4 Å². The third-order valence-electron chi connectivity index (χ3n) is 6.86. The van der Waals surface area contributed by atoms with Crippen LogP contribution >= 0.6 is 11.8 Å². The summed E-state index contributed by atoms with van der Waals surface area (Å²) in [7, 11) is -3.22. The molecule has 1 fully saturated rings. The second kappa shape index (κ2) is 9.71. The van der Waals surface area contributed by atoms with E-state index in [9.17, 15) is 8.42 Å². The van der Waals surface area contributed by atoms with Gasteiger partial charge < -0.3 is 16.4 Å². The number of thioether (sulfide) groups is 1. The van der Waals surface area contributed by atoms with Crippen LogP contribution in [0.3, 0.4) is 0 Å². The molecule has 5 rings (SSSR count). The number of fused-ring (bicyclic) bond motifs is 1. The molecule has 3 aromatic rings. The summed E-state index contributed by atoms with van der Waals surface area (Å²) >= 11 is 1.72. The first-order valence-corrected chi connectivity index (χ1v) is 14.8. The molecule has 2 aliphatic heterocycles. The summed E-state index contributed by atoms with van der Waals surface area (Å²) in [5, 5.41) is 0. The Morgan fingerprint density at radius 2 is 1.92 bits per heavy atom. The van der Waals surface area contributed by atoms with Crippen LogP contribution < -0.4 is 16.4 Å². The number of pyridine rings is 1. The first-order chi connectivity index (χ1) is 17.5. The molecule has 4 heterocycles. The molecule has 2 aliphatic rings. The number of aromatic nitrogens is 4. The lowest BCUT2D eigenvalue weighted by Gasteiger charge is -2.42. The van der Waals surface area contributed by atoms with Crippen molar-refractivity contribution in [2.24, 2.45) is 0 Å². The number of hydrogen-bond donors (Lipinski definition) is 2. The summed E-state index contributed by atoms with van der Waals surface area (Å²) in [5.74, 6) is 2.53. The molecule has 0 unspecified atom stereocenters. The van der Waals surface area contributed by atoms with Gasteiger partial charge in [0.1, 0.15) is 11.6 Å². The molecule has 1 aromatic carbocycles. The van der Waals surface area contributed by atoms with Crippen LogP contribution in [0.4, 0.5) is 23.1 Å². The summed E-state index contributed by atoms with van der Waals surface area (Å²) in [6, 6.07) is 7.97. The van der Waals surface area contributed by atoms with Gasteiger partial charge in [0.05, 0.1) is 23.4 Å². The Hall–Kier alpha value is -3.00. The van der Waals surface area contributed by atoms with E-state index in [0.717, 1.165) is 21.7 Å². The van der Waals surface area contributed by atoms with Crippen molar-refractivity contribution in [3.05, 3.63) is 41.9 Å². The van der Waals surface area contributed by atoms with Crippen LogP contribution in [-0.4, -0.2) is 75.4 Å². The van der Waals surface area contributed by atoms with Gasteiger partial charge in [0, 0.05) is 48.5 Å². The van der Waals surface area contributed by atoms with Gasteiger partial charge in [-0.1, -0.05) is 0 Å². The van der Waals surface area contributed by atoms with E-state index < -0.39 is 10.0 Å². The predicted molar refractivity (Wildman–Crippen MR) is 147 cm³/mol. The molecule has 11 nitrogen and oxygen atoms in total. The molecule has 37 heavy (non-hydrogen) atoms. The lowest BCUT2D eigenvalue weighted by Crippen LogP contribution is -2.53. The zero-order valence-corrected chi connectivity index (χ0v) is 22.9. The first-order valence-electron chi connectivity index (χ1n) is 12.0. The molecule has 2 atom stereocenters. The molecule has 1 saturated heterocycles. The van der Waals surface area contributed by atoms with Crippen LogP contribution in [0.1, 0.15) is 31.3 Å². The average molecular weight is 542 g/mol. The Labute approximate surface area is 221 Å². The molecule has 0 radical (unpaired) electrons. The highest BCUT2D eigenvalue weighted by Gasteiger charge is 2.33. The van der Waals surface area contributed by atoms with Crippen molar-refractivity contribution >= 4 is 44.9 Å². The van der Waals surface area contributed by atoms with E-state index in [1.807, 2.05) is 24.4 Å². The van der Waals surface area contributed by atoms with Gasteiger partial charge in [-0.05, 0) is 50.6 Å². The Balaban J connectivity index is 1.55. The van der Waals surface area contributed by atoms with Crippen molar-refractivity contribution in [3.8, 4) is 11.4 Å². The predicted octanol–water partition coefficient (Wildman–Crippen LogP) is 2.63. The normalized spacial score (nSPS) is 19.7. The number of benzene rings is 1. The minimum Gasteiger partial charge on any atom is -0.399 e. The molecule has 196 valence electrons. The molecule has 4 N–H and O–H groups in total. The number of piperazine rings is 1. The standard InChI is InChI=1S/C24H31N9O2S2/c1-14-12-31(37(4,34)35)7-8-32(14)15(2)17-9-19(22-28-16(3)29-24(26)30-22)23(27-11-17)33-13-36-21-6-5-18(25)10-20(21)33/h5-6,9-11,14-15H,7-8,12-13,25H2,1-4H3,(H2,26,28,29,30)/t14-,15+/m0/s1.